The van der Waals surface area contributed by atoms with E-state index < -0.39 is 5.91 Å². The van der Waals surface area contributed by atoms with Gasteiger partial charge < -0.3 is 9.84 Å². The van der Waals surface area contributed by atoms with Crippen molar-refractivity contribution >= 4 is 5.91 Å². The minimum Gasteiger partial charge on any atom is -0.344 e. The molecular formula is C20H20FN4O2. The molecule has 0 atom stereocenters. The number of carbonyl (C=O) groups is 1. The van der Waals surface area contributed by atoms with Crippen LogP contribution in [-0.2, 0) is 12.0 Å². The molecule has 7 heteroatoms. The molecule has 3 rings (SSSR count). The van der Waals surface area contributed by atoms with Crippen LogP contribution in [0.5, 0.6) is 0 Å². The molecule has 0 saturated heterocycles. The summed E-state index contributed by atoms with van der Waals surface area (Å²) >= 11 is 0. The van der Waals surface area contributed by atoms with Gasteiger partial charge in [-0.05, 0) is 29.7 Å². The molecule has 0 aliphatic heterocycles. The van der Waals surface area contributed by atoms with Gasteiger partial charge in [0.1, 0.15) is 5.82 Å². The Kier molecular flexibility index (Phi) is 5.03. The van der Waals surface area contributed by atoms with Crippen LogP contribution in [0.4, 0.5) is 4.39 Å². The molecule has 1 aromatic carbocycles. The van der Waals surface area contributed by atoms with Crippen molar-refractivity contribution < 1.29 is 13.7 Å². The number of carbonyl (C=O) groups excluding carboxylic acids is 1. The van der Waals surface area contributed by atoms with Gasteiger partial charge in [0.2, 0.25) is 0 Å². The van der Waals surface area contributed by atoms with E-state index in [1.54, 1.807) is 31.3 Å². The average Bonchev–Trinajstić information content (AvgIpc) is 3.14. The molecule has 27 heavy (non-hydrogen) atoms. The molecule has 0 unspecified atom stereocenters. The molecule has 0 fully saturated rings. The number of amides is 1. The Hall–Kier alpha value is -3.09. The van der Waals surface area contributed by atoms with Crippen LogP contribution in [0.15, 0.2) is 35.1 Å². The summed E-state index contributed by atoms with van der Waals surface area (Å²) < 4.78 is 19.8. The van der Waals surface area contributed by atoms with E-state index in [-0.39, 0.29) is 23.7 Å². The topological polar surface area (TPSA) is 80.9 Å². The highest BCUT2D eigenvalue weighted by atomic mass is 19.1. The van der Waals surface area contributed by atoms with Gasteiger partial charge in [-0.2, -0.15) is 4.98 Å². The van der Waals surface area contributed by atoms with E-state index >= 15 is 0 Å². The van der Waals surface area contributed by atoms with Crippen LogP contribution in [0.1, 0.15) is 48.4 Å². The van der Waals surface area contributed by atoms with Crippen molar-refractivity contribution in [3.05, 3.63) is 65.3 Å². The number of nitrogens with one attached hydrogen (secondary N) is 1. The average molecular weight is 367 g/mol. The predicted molar refractivity (Wildman–Crippen MR) is 97.4 cm³/mol. The Morgan fingerprint density at radius 1 is 1.30 bits per heavy atom. The van der Waals surface area contributed by atoms with Crippen LogP contribution < -0.4 is 5.32 Å². The summed E-state index contributed by atoms with van der Waals surface area (Å²) in [5, 5.41) is 6.51. The second kappa shape index (κ2) is 7.26. The number of aromatic nitrogens is 3. The monoisotopic (exact) mass is 367 g/mol. The first kappa shape index (κ1) is 18.7. The minimum atomic E-state index is -0.496. The lowest BCUT2D eigenvalue weighted by atomic mass is 9.96. The maximum Gasteiger partial charge on any atom is 0.315 e. The molecule has 2 heterocycles. The van der Waals surface area contributed by atoms with Crippen molar-refractivity contribution in [2.75, 3.05) is 0 Å². The van der Waals surface area contributed by atoms with Gasteiger partial charge in [-0.25, -0.2) is 4.39 Å². The first-order chi connectivity index (χ1) is 12.8. The van der Waals surface area contributed by atoms with Crippen molar-refractivity contribution in [1.82, 2.24) is 20.4 Å². The lowest BCUT2D eigenvalue weighted by Gasteiger charge is -2.11. The van der Waals surface area contributed by atoms with Crippen LogP contribution in [0.2, 0.25) is 0 Å². The Bertz CT molecular complexity index is 962. The van der Waals surface area contributed by atoms with Gasteiger partial charge in [-0.1, -0.05) is 38.1 Å². The number of pyridine rings is 1. The third-order valence-corrected chi connectivity index (χ3v) is 4.14. The molecule has 0 aliphatic rings. The molecule has 0 aliphatic carbocycles. The molecule has 0 saturated carbocycles. The van der Waals surface area contributed by atoms with Crippen LogP contribution in [0, 0.1) is 18.8 Å². The number of halogens is 1. The minimum absolute atomic E-state index is 0.110. The normalized spacial score (nSPS) is 11.4. The summed E-state index contributed by atoms with van der Waals surface area (Å²) in [6, 6.07) is 8.05. The van der Waals surface area contributed by atoms with Crippen molar-refractivity contribution in [3.63, 3.8) is 0 Å². The van der Waals surface area contributed by atoms with E-state index in [2.05, 4.69) is 26.5 Å². The summed E-state index contributed by atoms with van der Waals surface area (Å²) in [7, 11) is 0. The predicted octanol–water partition coefficient (Wildman–Crippen LogP) is 3.61. The molecule has 1 amide bonds. The highest BCUT2D eigenvalue weighted by molar-refractivity contribution is 5.89. The number of nitrogens with zero attached hydrogens (tertiary/aromatic N) is 3. The fourth-order valence-electron chi connectivity index (χ4n) is 2.48. The Morgan fingerprint density at radius 3 is 2.70 bits per heavy atom. The number of rotatable bonds is 4. The Balaban J connectivity index is 1.74. The van der Waals surface area contributed by atoms with Gasteiger partial charge in [0, 0.05) is 36.0 Å². The molecule has 3 aromatic rings. The molecule has 1 radical (unpaired) electrons. The van der Waals surface area contributed by atoms with Gasteiger partial charge in [-0.15, -0.1) is 0 Å². The van der Waals surface area contributed by atoms with Crippen LogP contribution in [-0.4, -0.2) is 21.0 Å². The van der Waals surface area contributed by atoms with E-state index in [1.807, 2.05) is 20.8 Å². The molecule has 1 N–H and O–H groups in total. The third-order valence-electron chi connectivity index (χ3n) is 4.14. The Labute approximate surface area is 156 Å². The molecule has 2 aromatic heterocycles. The highest BCUT2D eigenvalue weighted by Gasteiger charge is 2.23. The van der Waals surface area contributed by atoms with E-state index in [1.165, 1.54) is 6.20 Å². The first-order valence-corrected chi connectivity index (χ1v) is 8.50. The second-order valence-electron chi connectivity index (χ2n) is 7.22. The molecule has 6 nitrogen and oxygen atoms in total. The molecule has 139 valence electrons. The van der Waals surface area contributed by atoms with Crippen LogP contribution in [0.25, 0.3) is 11.1 Å². The van der Waals surface area contributed by atoms with Gasteiger partial charge in [-0.3, -0.25) is 9.78 Å². The summed E-state index contributed by atoms with van der Waals surface area (Å²) in [6.45, 7) is 7.59. The molecule has 0 spiro atoms. The quantitative estimate of drug-likeness (QED) is 0.762. The lowest BCUT2D eigenvalue weighted by Crippen LogP contribution is -2.24. The van der Waals surface area contributed by atoms with E-state index in [0.717, 1.165) is 0 Å². The summed E-state index contributed by atoms with van der Waals surface area (Å²) in [6.07, 6.45) is 3.08. The van der Waals surface area contributed by atoms with E-state index in [4.69, 9.17) is 4.52 Å². The smallest absolute Gasteiger partial charge is 0.315 e. The third kappa shape index (κ3) is 4.02. The zero-order valence-electron chi connectivity index (χ0n) is 15.6. The fourth-order valence-corrected chi connectivity index (χ4v) is 2.48. The van der Waals surface area contributed by atoms with Crippen molar-refractivity contribution in [2.45, 2.75) is 39.7 Å². The first-order valence-electron chi connectivity index (χ1n) is 8.50. The molecular weight excluding hydrogens is 347 g/mol. The summed E-state index contributed by atoms with van der Waals surface area (Å²) in [5.41, 5.74) is 1.87. The van der Waals surface area contributed by atoms with E-state index in [9.17, 15) is 9.18 Å². The maximum atomic E-state index is 14.7. The van der Waals surface area contributed by atoms with Crippen LogP contribution in [0.3, 0.4) is 0 Å². The highest BCUT2D eigenvalue weighted by Crippen LogP contribution is 2.26. The largest absolute Gasteiger partial charge is 0.344 e. The Morgan fingerprint density at radius 2 is 2.07 bits per heavy atom. The van der Waals surface area contributed by atoms with Gasteiger partial charge in [0.25, 0.3) is 0 Å². The lowest BCUT2D eigenvalue weighted by molar-refractivity contribution is 0.0907. The van der Waals surface area contributed by atoms with Gasteiger partial charge in [0.05, 0.1) is 0 Å². The van der Waals surface area contributed by atoms with E-state index in [0.29, 0.717) is 28.1 Å². The SMILES string of the molecule is Cc1c(CNC(=O)c2nc(C(C)(C)C)no2)ccc(-c2[c]cncc2)c1F. The van der Waals surface area contributed by atoms with Gasteiger partial charge in [0.15, 0.2) is 5.82 Å². The number of benzene rings is 1. The van der Waals surface area contributed by atoms with Crippen molar-refractivity contribution in [1.29, 1.82) is 0 Å². The zero-order valence-corrected chi connectivity index (χ0v) is 15.6. The number of hydrogen-bond donors (Lipinski definition) is 1. The van der Waals surface area contributed by atoms with Gasteiger partial charge >= 0.3 is 11.8 Å². The van der Waals surface area contributed by atoms with Crippen LogP contribution >= 0.6 is 0 Å². The maximum absolute atomic E-state index is 14.7. The molecule has 0 bridgehead atoms. The summed E-state index contributed by atoms with van der Waals surface area (Å²) in [4.78, 5) is 20.2. The fraction of sp³-hybridized carbons (Fsp3) is 0.300. The van der Waals surface area contributed by atoms with Crippen molar-refractivity contribution in [3.8, 4) is 11.1 Å². The standard InChI is InChI=1S/C20H20FN4O2/c1-12-14(5-6-15(16(12)21)13-7-9-22-10-8-13)11-23-17(26)18-24-19(25-27-18)20(2,3)4/h5-7,9-10H,11H2,1-4H3,(H,23,26). The van der Waals surface area contributed by atoms with Crippen molar-refractivity contribution in [2.24, 2.45) is 0 Å². The second-order valence-corrected chi connectivity index (χ2v) is 7.22. The number of hydrogen-bond acceptors (Lipinski definition) is 5. The zero-order chi connectivity index (χ0) is 19.6. The summed E-state index contributed by atoms with van der Waals surface area (Å²) in [5.74, 6) is -0.504.